The summed E-state index contributed by atoms with van der Waals surface area (Å²) in [4.78, 5) is 16.8. The van der Waals surface area contributed by atoms with Gasteiger partial charge >= 0.3 is 0 Å². The summed E-state index contributed by atoms with van der Waals surface area (Å²) in [5.41, 5.74) is 0.600. The Morgan fingerprint density at radius 3 is 2.71 bits per heavy atom. The van der Waals surface area contributed by atoms with E-state index in [-0.39, 0.29) is 5.91 Å². The van der Waals surface area contributed by atoms with Gasteiger partial charge in [0.1, 0.15) is 5.75 Å². The van der Waals surface area contributed by atoms with Crippen molar-refractivity contribution < 1.29 is 9.53 Å². The molecule has 1 aliphatic heterocycles. The first-order valence-corrected chi connectivity index (χ1v) is 7.69. The first-order valence-electron chi connectivity index (χ1n) is 7.31. The summed E-state index contributed by atoms with van der Waals surface area (Å²) in [5.74, 6) is 0.655. The molecule has 1 fully saturated rings. The van der Waals surface area contributed by atoms with Crippen molar-refractivity contribution in [1.82, 2.24) is 9.80 Å². The Hall–Kier alpha value is -1.26. The summed E-state index contributed by atoms with van der Waals surface area (Å²) in [6.45, 7) is 1.59. The first kappa shape index (κ1) is 16.1. The van der Waals surface area contributed by atoms with E-state index >= 15 is 0 Å². The molecule has 116 valence electrons. The van der Waals surface area contributed by atoms with Crippen molar-refractivity contribution in [2.75, 3.05) is 34.3 Å². The zero-order valence-electron chi connectivity index (χ0n) is 12.9. The average Bonchev–Trinajstić information content (AvgIpc) is 2.71. The van der Waals surface area contributed by atoms with Crippen LogP contribution >= 0.6 is 11.6 Å². The number of nitrogens with zero attached hydrogens (tertiary/aromatic N) is 2. The van der Waals surface area contributed by atoms with E-state index in [0.717, 1.165) is 32.4 Å². The zero-order valence-corrected chi connectivity index (χ0v) is 13.7. The standard InChI is InChI=1S/C16H23ClN2O2/c1-18(2)14-5-4-7-19(8-6-14)16(20)12-9-13(17)11-15(10-12)21-3/h9-11,14H,4-8H2,1-3H3. The highest BCUT2D eigenvalue weighted by atomic mass is 35.5. The summed E-state index contributed by atoms with van der Waals surface area (Å²) >= 11 is 6.05. The highest BCUT2D eigenvalue weighted by molar-refractivity contribution is 6.31. The fraction of sp³-hybridized carbons (Fsp3) is 0.562. The van der Waals surface area contributed by atoms with Gasteiger partial charge in [0.25, 0.3) is 5.91 Å². The molecule has 1 amide bonds. The lowest BCUT2D eigenvalue weighted by molar-refractivity contribution is 0.0758. The van der Waals surface area contributed by atoms with Crippen LogP contribution in [-0.4, -0.2) is 56.0 Å². The van der Waals surface area contributed by atoms with Gasteiger partial charge in [-0.3, -0.25) is 4.79 Å². The zero-order chi connectivity index (χ0) is 15.4. The number of methoxy groups -OCH3 is 1. The second-order valence-corrected chi connectivity index (χ2v) is 6.16. The van der Waals surface area contributed by atoms with Crippen LogP contribution < -0.4 is 4.74 Å². The third kappa shape index (κ3) is 4.11. The minimum Gasteiger partial charge on any atom is -0.497 e. The van der Waals surface area contributed by atoms with Crippen molar-refractivity contribution in [3.05, 3.63) is 28.8 Å². The Bertz CT molecular complexity index is 505. The third-order valence-electron chi connectivity index (χ3n) is 4.07. The van der Waals surface area contributed by atoms with Gasteiger partial charge < -0.3 is 14.5 Å². The molecule has 4 nitrogen and oxygen atoms in total. The number of carbonyl (C=O) groups is 1. The van der Waals surface area contributed by atoms with Gasteiger partial charge in [0.05, 0.1) is 7.11 Å². The number of benzene rings is 1. The Balaban J connectivity index is 2.11. The lowest BCUT2D eigenvalue weighted by Crippen LogP contribution is -2.33. The number of hydrogen-bond donors (Lipinski definition) is 0. The van der Waals surface area contributed by atoms with Crippen molar-refractivity contribution in [3.8, 4) is 5.75 Å². The summed E-state index contributed by atoms with van der Waals surface area (Å²) in [7, 11) is 5.78. The Labute approximate surface area is 131 Å². The number of carbonyl (C=O) groups excluding carboxylic acids is 1. The molecule has 0 aliphatic carbocycles. The number of rotatable bonds is 3. The Morgan fingerprint density at radius 2 is 2.05 bits per heavy atom. The minimum atomic E-state index is 0.0372. The van der Waals surface area contributed by atoms with Crippen LogP contribution in [0.2, 0.25) is 5.02 Å². The first-order chi connectivity index (χ1) is 10.0. The third-order valence-corrected chi connectivity index (χ3v) is 4.29. The van der Waals surface area contributed by atoms with E-state index in [1.807, 2.05) is 4.90 Å². The SMILES string of the molecule is COc1cc(Cl)cc(C(=O)N2CCCC(N(C)C)CC2)c1. The number of amides is 1. The molecule has 2 rings (SSSR count). The summed E-state index contributed by atoms with van der Waals surface area (Å²) < 4.78 is 5.18. The monoisotopic (exact) mass is 310 g/mol. The fourth-order valence-electron chi connectivity index (χ4n) is 2.78. The van der Waals surface area contributed by atoms with E-state index in [1.165, 1.54) is 0 Å². The molecule has 0 bridgehead atoms. The van der Waals surface area contributed by atoms with Gasteiger partial charge in [0.15, 0.2) is 0 Å². The molecule has 1 aromatic rings. The Kier molecular flexibility index (Phi) is 5.48. The van der Waals surface area contributed by atoms with Gasteiger partial charge in [-0.25, -0.2) is 0 Å². The van der Waals surface area contributed by atoms with Crippen LogP contribution in [0.15, 0.2) is 18.2 Å². The van der Waals surface area contributed by atoms with Crippen LogP contribution in [0.25, 0.3) is 0 Å². The van der Waals surface area contributed by atoms with Crippen molar-refractivity contribution in [2.45, 2.75) is 25.3 Å². The van der Waals surface area contributed by atoms with Crippen molar-refractivity contribution in [1.29, 1.82) is 0 Å². The number of ether oxygens (including phenoxy) is 1. The predicted molar refractivity (Wildman–Crippen MR) is 85.2 cm³/mol. The molecule has 1 unspecified atom stereocenters. The number of halogens is 1. The van der Waals surface area contributed by atoms with Gasteiger partial charge in [-0.15, -0.1) is 0 Å². The van der Waals surface area contributed by atoms with Crippen LogP contribution in [0.4, 0.5) is 0 Å². The van der Waals surface area contributed by atoms with Crippen LogP contribution in [0.1, 0.15) is 29.6 Å². The summed E-state index contributed by atoms with van der Waals surface area (Å²) in [5, 5.41) is 0.527. The molecule has 0 aromatic heterocycles. The van der Waals surface area contributed by atoms with E-state index in [4.69, 9.17) is 16.3 Å². The normalized spacial score (nSPS) is 19.5. The van der Waals surface area contributed by atoms with Crippen molar-refractivity contribution in [2.24, 2.45) is 0 Å². The molecule has 1 saturated heterocycles. The number of likely N-dealkylation sites (tertiary alicyclic amines) is 1. The molecule has 1 aromatic carbocycles. The van der Waals surface area contributed by atoms with Gasteiger partial charge in [0, 0.05) is 29.7 Å². The molecule has 1 heterocycles. The lowest BCUT2D eigenvalue weighted by Gasteiger charge is -2.23. The van der Waals surface area contributed by atoms with Crippen LogP contribution in [0.5, 0.6) is 5.75 Å². The lowest BCUT2D eigenvalue weighted by atomic mass is 10.1. The van der Waals surface area contributed by atoms with Crippen LogP contribution in [0, 0.1) is 0 Å². The predicted octanol–water partition coefficient (Wildman–Crippen LogP) is 2.90. The van der Waals surface area contributed by atoms with Gasteiger partial charge in [0.2, 0.25) is 0 Å². The average molecular weight is 311 g/mol. The van der Waals surface area contributed by atoms with Crippen LogP contribution in [0.3, 0.4) is 0 Å². The minimum absolute atomic E-state index is 0.0372. The van der Waals surface area contributed by atoms with E-state index in [0.29, 0.717) is 22.4 Å². The van der Waals surface area contributed by atoms with E-state index in [1.54, 1.807) is 25.3 Å². The number of hydrogen-bond acceptors (Lipinski definition) is 3. The molecule has 5 heteroatoms. The maximum Gasteiger partial charge on any atom is 0.254 e. The molecule has 1 aliphatic rings. The second-order valence-electron chi connectivity index (χ2n) is 5.72. The molecular formula is C16H23ClN2O2. The van der Waals surface area contributed by atoms with E-state index < -0.39 is 0 Å². The van der Waals surface area contributed by atoms with Gasteiger partial charge in [-0.2, -0.15) is 0 Å². The molecule has 0 saturated carbocycles. The second kappa shape index (κ2) is 7.14. The summed E-state index contributed by atoms with van der Waals surface area (Å²) in [6.07, 6.45) is 3.18. The quantitative estimate of drug-likeness (QED) is 0.860. The molecule has 0 radical (unpaired) electrons. The Morgan fingerprint density at radius 1 is 1.29 bits per heavy atom. The highest BCUT2D eigenvalue weighted by Crippen LogP contribution is 2.23. The maximum atomic E-state index is 12.6. The highest BCUT2D eigenvalue weighted by Gasteiger charge is 2.23. The molecule has 1 atom stereocenters. The molecule has 0 spiro atoms. The smallest absolute Gasteiger partial charge is 0.254 e. The molecular weight excluding hydrogens is 288 g/mol. The topological polar surface area (TPSA) is 32.8 Å². The fourth-order valence-corrected chi connectivity index (χ4v) is 3.01. The maximum absolute atomic E-state index is 12.6. The molecule has 21 heavy (non-hydrogen) atoms. The van der Waals surface area contributed by atoms with Gasteiger partial charge in [-0.05, 0) is 51.6 Å². The van der Waals surface area contributed by atoms with E-state index in [2.05, 4.69) is 19.0 Å². The van der Waals surface area contributed by atoms with Gasteiger partial charge in [-0.1, -0.05) is 11.6 Å². The largest absolute Gasteiger partial charge is 0.497 e. The molecule has 0 N–H and O–H groups in total. The van der Waals surface area contributed by atoms with Crippen molar-refractivity contribution >= 4 is 17.5 Å². The van der Waals surface area contributed by atoms with Crippen molar-refractivity contribution in [3.63, 3.8) is 0 Å². The summed E-state index contributed by atoms with van der Waals surface area (Å²) in [6, 6.07) is 5.73. The van der Waals surface area contributed by atoms with Crippen LogP contribution in [-0.2, 0) is 0 Å². The van der Waals surface area contributed by atoms with E-state index in [9.17, 15) is 4.79 Å².